The van der Waals surface area contributed by atoms with Gasteiger partial charge >= 0.3 is 0 Å². The minimum Gasteiger partial charge on any atom is -0.364 e. The van der Waals surface area contributed by atoms with E-state index in [1.54, 1.807) is 6.33 Å². The smallest absolute Gasteiger partial charge is 0.269 e. The Kier molecular flexibility index (Phi) is 8.22. The lowest BCUT2D eigenvalue weighted by Crippen LogP contribution is -2.34. The summed E-state index contributed by atoms with van der Waals surface area (Å²) >= 11 is 0. The summed E-state index contributed by atoms with van der Waals surface area (Å²) in [4.78, 5) is 23.3. The normalized spacial score (nSPS) is 15.4. The van der Waals surface area contributed by atoms with Crippen LogP contribution in [0.4, 0.5) is 0 Å². The maximum atomic E-state index is 11.7. The van der Waals surface area contributed by atoms with Gasteiger partial charge < -0.3 is 15.2 Å². The summed E-state index contributed by atoms with van der Waals surface area (Å²) in [5.41, 5.74) is 14.4. The molecular weight excluding hydrogens is 505 g/mol. The molecule has 1 fully saturated rings. The number of rotatable bonds is 5. The van der Waals surface area contributed by atoms with Gasteiger partial charge in [0.25, 0.3) is 5.91 Å². The molecule has 6 rings (SSSR count). The SMILES string of the molecule is Cc1ccc2c(C3CCN(CCc4cccc5c4CCc4c(C(N)=O)ncn4-5)CC3)cccc2n1.Cl.Cl. The number of hydrogen-bond donors (Lipinski definition) is 1. The number of pyridine rings is 1. The molecule has 0 spiro atoms. The van der Waals surface area contributed by atoms with Gasteiger partial charge in [-0.2, -0.15) is 0 Å². The Balaban J connectivity index is 0.00000160. The van der Waals surface area contributed by atoms with E-state index in [0.29, 0.717) is 11.6 Å². The lowest BCUT2D eigenvalue weighted by Gasteiger charge is -2.33. The molecule has 0 radical (unpaired) electrons. The van der Waals surface area contributed by atoms with Crippen molar-refractivity contribution in [2.75, 3.05) is 19.6 Å². The number of nitrogens with two attached hydrogens (primary N) is 1. The van der Waals surface area contributed by atoms with Crippen LogP contribution in [0.5, 0.6) is 0 Å². The molecule has 1 amide bonds. The highest BCUT2D eigenvalue weighted by molar-refractivity contribution is 5.92. The van der Waals surface area contributed by atoms with E-state index >= 15 is 0 Å². The summed E-state index contributed by atoms with van der Waals surface area (Å²) in [6, 6.07) is 17.5. The Labute approximate surface area is 230 Å². The zero-order valence-corrected chi connectivity index (χ0v) is 22.7. The average molecular weight is 539 g/mol. The molecule has 0 atom stereocenters. The van der Waals surface area contributed by atoms with Crippen molar-refractivity contribution in [3.63, 3.8) is 0 Å². The number of aromatic nitrogens is 3. The van der Waals surface area contributed by atoms with Crippen LogP contribution < -0.4 is 5.73 Å². The molecule has 4 aromatic rings. The first-order valence-electron chi connectivity index (χ1n) is 12.6. The number of primary amides is 1. The van der Waals surface area contributed by atoms with Crippen LogP contribution in [0.1, 0.15) is 57.3 Å². The lowest BCUT2D eigenvalue weighted by molar-refractivity contribution is 0.0995. The molecule has 1 saturated heterocycles. The number of hydrogen-bond acceptors (Lipinski definition) is 4. The molecule has 0 bridgehead atoms. The number of piperidine rings is 1. The quantitative estimate of drug-likeness (QED) is 0.379. The van der Waals surface area contributed by atoms with Crippen LogP contribution in [-0.4, -0.2) is 45.0 Å². The fraction of sp³-hybridized carbons (Fsp3) is 0.345. The summed E-state index contributed by atoms with van der Waals surface area (Å²) in [5, 5.41) is 1.31. The van der Waals surface area contributed by atoms with Crippen molar-refractivity contribution in [1.82, 2.24) is 19.4 Å². The predicted octanol–water partition coefficient (Wildman–Crippen LogP) is 5.19. The standard InChI is InChI=1S/C29H31N5O.2ClH/c1-19-8-9-24-22(5-3-6-25(24)32-19)21-13-16-33(17-14-21)15-12-20-4-2-7-26-23(20)10-11-27-28(29(30)35)31-18-34(26)27;;/h2-9,18,21H,10-17H2,1H3,(H2,30,35);2*1H. The number of aryl methyl sites for hydroxylation is 1. The Bertz CT molecular complexity index is 1430. The van der Waals surface area contributed by atoms with Gasteiger partial charge in [-0.15, -0.1) is 24.8 Å². The van der Waals surface area contributed by atoms with Crippen molar-refractivity contribution in [3.05, 3.63) is 88.6 Å². The zero-order valence-electron chi connectivity index (χ0n) is 21.0. The number of likely N-dealkylation sites (tertiary alicyclic amines) is 1. The molecule has 2 aliphatic rings. The molecule has 0 unspecified atom stereocenters. The number of carbonyl (C=O) groups is 1. The third kappa shape index (κ3) is 5.11. The summed E-state index contributed by atoms with van der Waals surface area (Å²) in [7, 11) is 0. The summed E-state index contributed by atoms with van der Waals surface area (Å²) in [5.74, 6) is 0.152. The Hall–Kier alpha value is -2.93. The molecule has 4 heterocycles. The second-order valence-corrected chi connectivity index (χ2v) is 9.92. The zero-order chi connectivity index (χ0) is 23.9. The maximum Gasteiger partial charge on any atom is 0.269 e. The maximum absolute atomic E-state index is 11.7. The van der Waals surface area contributed by atoms with Crippen molar-refractivity contribution in [2.45, 2.75) is 44.9 Å². The molecule has 0 saturated carbocycles. The van der Waals surface area contributed by atoms with E-state index in [0.717, 1.165) is 61.5 Å². The van der Waals surface area contributed by atoms with E-state index < -0.39 is 5.91 Å². The summed E-state index contributed by atoms with van der Waals surface area (Å²) in [6.07, 6.45) is 6.88. The van der Waals surface area contributed by atoms with Crippen molar-refractivity contribution in [3.8, 4) is 5.69 Å². The lowest BCUT2D eigenvalue weighted by atomic mass is 9.87. The van der Waals surface area contributed by atoms with Gasteiger partial charge in [-0.05, 0) is 92.9 Å². The largest absolute Gasteiger partial charge is 0.364 e. The number of carbonyl (C=O) groups excluding carboxylic acids is 1. The molecule has 2 aliphatic heterocycles. The summed E-state index contributed by atoms with van der Waals surface area (Å²) < 4.78 is 2.05. The number of nitrogens with zero attached hydrogens (tertiary/aromatic N) is 4. The topological polar surface area (TPSA) is 77.0 Å². The molecule has 8 heteroatoms. The minimum absolute atomic E-state index is 0. The van der Waals surface area contributed by atoms with Gasteiger partial charge in [0.2, 0.25) is 0 Å². The highest BCUT2D eigenvalue weighted by Gasteiger charge is 2.25. The fourth-order valence-corrected chi connectivity index (χ4v) is 6.02. The van der Waals surface area contributed by atoms with Crippen molar-refractivity contribution < 1.29 is 4.79 Å². The number of benzene rings is 2. The second kappa shape index (κ2) is 11.2. The first kappa shape index (κ1) is 27.1. The van der Waals surface area contributed by atoms with Crippen molar-refractivity contribution in [1.29, 1.82) is 0 Å². The van der Waals surface area contributed by atoms with E-state index in [2.05, 4.69) is 69.9 Å². The third-order valence-corrected chi connectivity index (χ3v) is 7.85. The number of halogens is 2. The van der Waals surface area contributed by atoms with E-state index in [4.69, 9.17) is 10.7 Å². The Morgan fingerprint density at radius 1 is 1.03 bits per heavy atom. The van der Waals surface area contributed by atoms with Crippen molar-refractivity contribution >= 4 is 41.6 Å². The van der Waals surface area contributed by atoms with Gasteiger partial charge in [0.15, 0.2) is 0 Å². The van der Waals surface area contributed by atoms with Crippen LogP contribution in [0.25, 0.3) is 16.6 Å². The molecule has 2 aromatic carbocycles. The molecule has 0 aliphatic carbocycles. The van der Waals surface area contributed by atoms with Crippen LogP contribution in [-0.2, 0) is 19.3 Å². The monoisotopic (exact) mass is 537 g/mol. The highest BCUT2D eigenvalue weighted by atomic mass is 35.5. The molecule has 2 aromatic heterocycles. The van der Waals surface area contributed by atoms with Crippen LogP contribution >= 0.6 is 24.8 Å². The van der Waals surface area contributed by atoms with E-state index in [1.807, 2.05) is 0 Å². The number of fused-ring (bicyclic) bond motifs is 4. The van der Waals surface area contributed by atoms with E-state index in [1.165, 1.54) is 34.9 Å². The molecule has 37 heavy (non-hydrogen) atoms. The van der Waals surface area contributed by atoms with Gasteiger partial charge in [-0.3, -0.25) is 9.78 Å². The van der Waals surface area contributed by atoms with Crippen LogP contribution in [0, 0.1) is 6.92 Å². The van der Waals surface area contributed by atoms with Crippen molar-refractivity contribution in [2.24, 2.45) is 5.73 Å². The van der Waals surface area contributed by atoms with Gasteiger partial charge in [-0.25, -0.2) is 4.98 Å². The van der Waals surface area contributed by atoms with Crippen LogP contribution in [0.2, 0.25) is 0 Å². The van der Waals surface area contributed by atoms with Gasteiger partial charge in [0.05, 0.1) is 16.9 Å². The molecular formula is C29H33Cl2N5O. The van der Waals surface area contributed by atoms with Crippen LogP contribution in [0.3, 0.4) is 0 Å². The van der Waals surface area contributed by atoms with E-state index in [-0.39, 0.29) is 24.8 Å². The number of imidazole rings is 1. The Morgan fingerprint density at radius 3 is 2.59 bits per heavy atom. The second-order valence-electron chi connectivity index (χ2n) is 9.92. The predicted molar refractivity (Wildman–Crippen MR) is 153 cm³/mol. The van der Waals surface area contributed by atoms with Gasteiger partial charge in [-0.1, -0.05) is 30.3 Å². The van der Waals surface area contributed by atoms with E-state index in [9.17, 15) is 4.79 Å². The third-order valence-electron chi connectivity index (χ3n) is 7.85. The summed E-state index contributed by atoms with van der Waals surface area (Å²) in [6.45, 7) is 5.38. The first-order chi connectivity index (χ1) is 17.1. The average Bonchev–Trinajstić information content (AvgIpc) is 3.32. The van der Waals surface area contributed by atoms with Gasteiger partial charge in [0, 0.05) is 17.6 Å². The fourth-order valence-electron chi connectivity index (χ4n) is 6.02. The van der Waals surface area contributed by atoms with Crippen LogP contribution in [0.15, 0.2) is 54.9 Å². The first-order valence-corrected chi connectivity index (χ1v) is 12.6. The molecule has 194 valence electrons. The number of amides is 1. The van der Waals surface area contributed by atoms with Gasteiger partial charge in [0.1, 0.15) is 12.0 Å². The minimum atomic E-state index is -0.448. The highest BCUT2D eigenvalue weighted by Crippen LogP contribution is 2.33. The Morgan fingerprint density at radius 2 is 1.81 bits per heavy atom. The molecule has 6 nitrogen and oxygen atoms in total. The molecule has 2 N–H and O–H groups in total.